The molecule has 20 heavy (non-hydrogen) atoms. The molecule has 2 aromatic carbocycles. The van der Waals surface area contributed by atoms with Gasteiger partial charge in [-0.1, -0.05) is 41.9 Å². The molecule has 2 aromatic rings. The Hall–Kier alpha value is -1.55. The van der Waals surface area contributed by atoms with E-state index in [1.54, 1.807) is 12.1 Å². The minimum absolute atomic E-state index is 0.203. The van der Waals surface area contributed by atoms with Gasteiger partial charge in [-0.05, 0) is 18.2 Å². The van der Waals surface area contributed by atoms with E-state index in [0.29, 0.717) is 10.7 Å². The fourth-order valence-electron chi connectivity index (χ4n) is 2.28. The van der Waals surface area contributed by atoms with E-state index in [9.17, 15) is 5.21 Å². The van der Waals surface area contributed by atoms with Crippen molar-refractivity contribution in [3.05, 3.63) is 69.7 Å². The van der Waals surface area contributed by atoms with Crippen LogP contribution >= 0.6 is 23.2 Å². The van der Waals surface area contributed by atoms with Gasteiger partial charge in [0.2, 0.25) is 0 Å². The molecular weight excluding hydrogens is 295 g/mol. The van der Waals surface area contributed by atoms with Crippen LogP contribution in [0.15, 0.2) is 53.5 Å². The summed E-state index contributed by atoms with van der Waals surface area (Å²) in [6.45, 7) is 0. The summed E-state index contributed by atoms with van der Waals surface area (Å²) in [4.78, 5) is 4.43. The largest absolute Gasteiger partial charge is 0.286 e. The van der Waals surface area contributed by atoms with Crippen LogP contribution < -0.4 is 10.6 Å². The minimum atomic E-state index is -0.499. The summed E-state index contributed by atoms with van der Waals surface area (Å²) < 4.78 is 0. The predicted molar refractivity (Wildman–Crippen MR) is 79.3 cm³/mol. The smallest absolute Gasteiger partial charge is 0.160 e. The molecule has 3 rings (SSSR count). The van der Waals surface area contributed by atoms with E-state index in [0.717, 1.165) is 21.2 Å². The van der Waals surface area contributed by atoms with E-state index in [2.05, 4.69) is 4.99 Å². The number of nitrogens with zero attached hydrogens (tertiary/aromatic N) is 2. The zero-order valence-electron chi connectivity index (χ0n) is 10.5. The van der Waals surface area contributed by atoms with Gasteiger partial charge in [0.15, 0.2) is 6.17 Å². The first-order chi connectivity index (χ1) is 9.70. The van der Waals surface area contributed by atoms with Gasteiger partial charge in [0.05, 0.1) is 16.9 Å². The second kappa shape index (κ2) is 5.44. The summed E-state index contributed by atoms with van der Waals surface area (Å²) in [5.74, 6) is 0.203. The molecule has 5 heteroatoms. The maximum atomic E-state index is 10.4. The summed E-state index contributed by atoms with van der Waals surface area (Å²) in [6.07, 6.45) is -0.499. The summed E-state index contributed by atoms with van der Waals surface area (Å²) in [7, 11) is 0. The monoisotopic (exact) mass is 306 g/mol. The maximum Gasteiger partial charge on any atom is 0.160 e. The van der Waals surface area contributed by atoms with Crippen molar-refractivity contribution in [3.8, 4) is 0 Å². The number of rotatable bonds is 2. The highest BCUT2D eigenvalue weighted by Crippen LogP contribution is 2.19. The maximum absolute atomic E-state index is 10.4. The third-order valence-corrected chi connectivity index (χ3v) is 3.71. The van der Waals surface area contributed by atoms with E-state index in [4.69, 9.17) is 23.2 Å². The highest BCUT2D eigenvalue weighted by Gasteiger charge is 2.23. The van der Waals surface area contributed by atoms with Crippen molar-refractivity contribution >= 4 is 28.9 Å². The van der Waals surface area contributed by atoms with Gasteiger partial charge in [0.25, 0.3) is 0 Å². The summed E-state index contributed by atoms with van der Waals surface area (Å²) in [6, 6.07) is 15.1. The van der Waals surface area contributed by atoms with Crippen LogP contribution in [0.3, 0.4) is 0 Å². The Kier molecular flexibility index (Phi) is 3.66. The fraction of sp³-hybridized carbons (Fsp3) is 0.133. The molecule has 102 valence electrons. The van der Waals surface area contributed by atoms with Gasteiger partial charge in [-0.15, -0.1) is 11.6 Å². The third kappa shape index (κ3) is 2.29. The van der Waals surface area contributed by atoms with Gasteiger partial charge < -0.3 is 0 Å². The van der Waals surface area contributed by atoms with Crippen molar-refractivity contribution in [3.63, 3.8) is 0 Å². The number of alkyl halides is 1. The van der Waals surface area contributed by atoms with Gasteiger partial charge >= 0.3 is 0 Å². The van der Waals surface area contributed by atoms with Crippen LogP contribution in [0.1, 0.15) is 5.56 Å². The van der Waals surface area contributed by atoms with Crippen molar-refractivity contribution in [2.45, 2.75) is 6.17 Å². The highest BCUT2D eigenvalue weighted by atomic mass is 35.5. The number of hydrogen-bond donors (Lipinski definition) is 1. The van der Waals surface area contributed by atoms with Crippen LogP contribution in [0.5, 0.6) is 0 Å². The summed E-state index contributed by atoms with van der Waals surface area (Å²) >= 11 is 12.0. The molecule has 0 aromatic heterocycles. The molecule has 0 aliphatic carbocycles. The molecule has 0 radical (unpaired) electrons. The molecular formula is C15H12Cl2N2O. The lowest BCUT2D eigenvalue weighted by Crippen LogP contribution is -2.45. The molecule has 0 spiro atoms. The SMILES string of the molecule is ON1C(c2ccccc2)=c2cc(Cl)ccc2=NC1CCl. The van der Waals surface area contributed by atoms with Gasteiger partial charge in [0.1, 0.15) is 0 Å². The first kappa shape index (κ1) is 13.4. The number of fused-ring (bicyclic) bond motifs is 1. The Morgan fingerprint density at radius 3 is 2.60 bits per heavy atom. The van der Waals surface area contributed by atoms with Gasteiger partial charge in [-0.2, -0.15) is 0 Å². The van der Waals surface area contributed by atoms with Crippen LogP contribution in [0.25, 0.3) is 5.70 Å². The Bertz CT molecular complexity index is 746. The molecule has 1 N–H and O–H groups in total. The van der Waals surface area contributed by atoms with Crippen molar-refractivity contribution < 1.29 is 5.21 Å². The van der Waals surface area contributed by atoms with Gasteiger partial charge in [-0.25, -0.2) is 5.06 Å². The predicted octanol–water partition coefficient (Wildman–Crippen LogP) is 2.39. The van der Waals surface area contributed by atoms with Crippen LogP contribution in [-0.4, -0.2) is 22.3 Å². The molecule has 0 saturated heterocycles. The average Bonchev–Trinajstić information content (AvgIpc) is 2.47. The Balaban J connectivity index is 2.36. The number of halogens is 2. The summed E-state index contributed by atoms with van der Waals surface area (Å²) in [5.41, 5.74) is 1.56. The standard InChI is InChI=1S/C15H12Cl2N2O/c16-9-14-18-13-7-6-11(17)8-12(13)15(19(14)20)10-4-2-1-3-5-10/h1-8,14,20H,9H2. The van der Waals surface area contributed by atoms with Crippen LogP contribution in [0.2, 0.25) is 5.02 Å². The number of benzene rings is 2. The highest BCUT2D eigenvalue weighted by molar-refractivity contribution is 6.30. The van der Waals surface area contributed by atoms with Gasteiger partial charge in [0, 0.05) is 15.8 Å². The summed E-state index contributed by atoms with van der Waals surface area (Å²) in [5, 5.41) is 13.7. The lowest BCUT2D eigenvalue weighted by molar-refractivity contribution is -0.0601. The molecule has 1 aliphatic heterocycles. The van der Waals surface area contributed by atoms with Crippen molar-refractivity contribution in [1.82, 2.24) is 5.06 Å². The molecule has 1 aliphatic rings. The van der Waals surface area contributed by atoms with E-state index < -0.39 is 6.17 Å². The van der Waals surface area contributed by atoms with Crippen molar-refractivity contribution in [2.24, 2.45) is 4.99 Å². The zero-order chi connectivity index (χ0) is 14.1. The van der Waals surface area contributed by atoms with Crippen LogP contribution in [-0.2, 0) is 0 Å². The molecule has 1 unspecified atom stereocenters. The first-order valence-corrected chi connectivity index (χ1v) is 7.09. The van der Waals surface area contributed by atoms with Crippen LogP contribution in [0.4, 0.5) is 0 Å². The van der Waals surface area contributed by atoms with E-state index in [-0.39, 0.29) is 5.88 Å². The average molecular weight is 307 g/mol. The molecule has 3 nitrogen and oxygen atoms in total. The normalized spacial score (nSPS) is 17.6. The molecule has 1 heterocycles. The van der Waals surface area contributed by atoms with Gasteiger partial charge in [-0.3, -0.25) is 10.2 Å². The molecule has 0 bridgehead atoms. The molecule has 1 atom stereocenters. The lowest BCUT2D eigenvalue weighted by Gasteiger charge is -2.28. The lowest BCUT2D eigenvalue weighted by atomic mass is 10.1. The van der Waals surface area contributed by atoms with E-state index in [1.165, 1.54) is 0 Å². The second-order valence-electron chi connectivity index (χ2n) is 4.48. The van der Waals surface area contributed by atoms with Crippen molar-refractivity contribution in [2.75, 3.05) is 5.88 Å². The topological polar surface area (TPSA) is 35.8 Å². The van der Waals surface area contributed by atoms with Crippen LogP contribution in [0, 0.1) is 0 Å². The first-order valence-electron chi connectivity index (χ1n) is 6.18. The Morgan fingerprint density at radius 1 is 1.15 bits per heavy atom. The Labute approximate surface area is 126 Å². The number of hydrogen-bond acceptors (Lipinski definition) is 3. The molecule has 0 fully saturated rings. The zero-order valence-corrected chi connectivity index (χ0v) is 12.0. The second-order valence-corrected chi connectivity index (χ2v) is 5.23. The van der Waals surface area contributed by atoms with E-state index in [1.807, 2.05) is 36.4 Å². The minimum Gasteiger partial charge on any atom is -0.286 e. The molecule has 0 saturated carbocycles. The quantitative estimate of drug-likeness (QED) is 0.865. The number of hydroxylamine groups is 2. The van der Waals surface area contributed by atoms with E-state index >= 15 is 0 Å². The molecule has 0 amide bonds. The third-order valence-electron chi connectivity index (χ3n) is 3.20. The Morgan fingerprint density at radius 2 is 1.90 bits per heavy atom. The fourth-order valence-corrected chi connectivity index (χ4v) is 2.65. The van der Waals surface area contributed by atoms with Crippen molar-refractivity contribution in [1.29, 1.82) is 0 Å².